The third-order valence-corrected chi connectivity index (χ3v) is 1.45. The Labute approximate surface area is 63.6 Å². The maximum atomic E-state index is 10.3. The van der Waals surface area contributed by atoms with Gasteiger partial charge in [0.05, 0.1) is 0 Å². The minimum absolute atomic E-state index is 0.0528. The van der Waals surface area contributed by atoms with Crippen molar-refractivity contribution in [1.82, 2.24) is 0 Å². The first-order chi connectivity index (χ1) is 5.15. The first kappa shape index (κ1) is 7.81. The minimum atomic E-state index is -1.06. The second kappa shape index (κ2) is 2.75. The van der Waals surface area contributed by atoms with Crippen molar-refractivity contribution < 1.29 is 14.3 Å². The molecular weight excluding hydrogens is 146 g/mol. The maximum Gasteiger partial charge on any atom is 0.371 e. The van der Waals surface area contributed by atoms with Crippen LogP contribution in [0, 0.1) is 6.92 Å². The summed E-state index contributed by atoms with van der Waals surface area (Å²) < 4.78 is 4.89. The monoisotopic (exact) mass is 155 g/mol. The summed E-state index contributed by atoms with van der Waals surface area (Å²) in [4.78, 5) is 10.3. The molecule has 0 unspecified atom stereocenters. The molecule has 0 saturated carbocycles. The molecule has 4 heteroatoms. The molecule has 0 aliphatic carbocycles. The van der Waals surface area contributed by atoms with Gasteiger partial charge in [-0.2, -0.15) is 0 Å². The Bertz CT molecular complexity index is 277. The predicted octanol–water partition coefficient (Wildman–Crippen LogP) is 0.745. The molecule has 0 fully saturated rings. The zero-order valence-corrected chi connectivity index (χ0v) is 6.13. The smallest absolute Gasteiger partial charge is 0.371 e. The van der Waals surface area contributed by atoms with E-state index >= 15 is 0 Å². The molecule has 60 valence electrons. The van der Waals surface area contributed by atoms with Gasteiger partial charge >= 0.3 is 5.97 Å². The Morgan fingerprint density at radius 2 is 2.45 bits per heavy atom. The van der Waals surface area contributed by atoms with Gasteiger partial charge in [-0.15, -0.1) is 0 Å². The first-order valence-corrected chi connectivity index (χ1v) is 3.18. The van der Waals surface area contributed by atoms with Gasteiger partial charge < -0.3 is 15.3 Å². The molecule has 1 aromatic heterocycles. The van der Waals surface area contributed by atoms with Crippen LogP contribution < -0.4 is 5.73 Å². The summed E-state index contributed by atoms with van der Waals surface area (Å²) in [5, 5.41) is 8.48. The van der Waals surface area contributed by atoms with Gasteiger partial charge in [-0.25, -0.2) is 4.79 Å². The highest BCUT2D eigenvalue weighted by Gasteiger charge is 2.11. The van der Waals surface area contributed by atoms with Crippen molar-refractivity contribution in [2.45, 2.75) is 13.5 Å². The van der Waals surface area contributed by atoms with Gasteiger partial charge in [-0.1, -0.05) is 0 Å². The molecule has 0 amide bonds. The Kier molecular flexibility index (Phi) is 1.96. The SMILES string of the molecule is Cc1oc(C(=O)O)cc1CN. The van der Waals surface area contributed by atoms with Crippen molar-refractivity contribution in [1.29, 1.82) is 0 Å². The van der Waals surface area contributed by atoms with Crippen LogP contribution in [0.25, 0.3) is 0 Å². The molecule has 0 atom stereocenters. The summed E-state index contributed by atoms with van der Waals surface area (Å²) in [5.41, 5.74) is 6.05. The molecule has 0 aliphatic heterocycles. The Hall–Kier alpha value is -1.29. The van der Waals surface area contributed by atoms with Crippen LogP contribution >= 0.6 is 0 Å². The number of carbonyl (C=O) groups is 1. The van der Waals surface area contributed by atoms with Gasteiger partial charge in [0, 0.05) is 12.1 Å². The lowest BCUT2D eigenvalue weighted by Gasteiger charge is -1.86. The lowest BCUT2D eigenvalue weighted by molar-refractivity contribution is 0.0661. The van der Waals surface area contributed by atoms with Gasteiger partial charge in [-0.05, 0) is 13.0 Å². The second-order valence-electron chi connectivity index (χ2n) is 2.20. The Balaban J connectivity index is 3.05. The fraction of sp³-hybridized carbons (Fsp3) is 0.286. The molecule has 0 aliphatic rings. The van der Waals surface area contributed by atoms with Gasteiger partial charge in [-0.3, -0.25) is 0 Å². The van der Waals surface area contributed by atoms with Crippen LogP contribution in [0.2, 0.25) is 0 Å². The molecule has 0 spiro atoms. The van der Waals surface area contributed by atoms with Crippen molar-refractivity contribution in [3.05, 3.63) is 23.2 Å². The molecule has 0 saturated heterocycles. The van der Waals surface area contributed by atoms with Crippen LogP contribution in [0.4, 0.5) is 0 Å². The van der Waals surface area contributed by atoms with Crippen LogP contribution in [0.5, 0.6) is 0 Å². The maximum absolute atomic E-state index is 10.3. The quantitative estimate of drug-likeness (QED) is 0.660. The van der Waals surface area contributed by atoms with Crippen LogP contribution in [-0.2, 0) is 6.54 Å². The number of aryl methyl sites for hydroxylation is 1. The van der Waals surface area contributed by atoms with Crippen LogP contribution in [-0.4, -0.2) is 11.1 Å². The molecule has 4 nitrogen and oxygen atoms in total. The van der Waals surface area contributed by atoms with Gasteiger partial charge in [0.1, 0.15) is 5.76 Å². The number of furan rings is 1. The van der Waals surface area contributed by atoms with E-state index in [1.165, 1.54) is 6.07 Å². The normalized spacial score (nSPS) is 10.0. The number of hydrogen-bond acceptors (Lipinski definition) is 3. The molecule has 0 radical (unpaired) electrons. The lowest BCUT2D eigenvalue weighted by atomic mass is 10.2. The molecule has 1 aromatic rings. The van der Waals surface area contributed by atoms with Crippen molar-refractivity contribution in [2.75, 3.05) is 0 Å². The van der Waals surface area contributed by atoms with Crippen LogP contribution in [0.1, 0.15) is 21.9 Å². The zero-order chi connectivity index (χ0) is 8.43. The standard InChI is InChI=1S/C7H9NO3/c1-4-5(3-8)2-6(11-4)7(9)10/h2H,3,8H2,1H3,(H,9,10). The topological polar surface area (TPSA) is 76.5 Å². The van der Waals surface area contributed by atoms with Crippen molar-refractivity contribution in [3.63, 3.8) is 0 Å². The van der Waals surface area contributed by atoms with Gasteiger partial charge in [0.15, 0.2) is 0 Å². The van der Waals surface area contributed by atoms with E-state index in [1.807, 2.05) is 0 Å². The van der Waals surface area contributed by atoms with Crippen molar-refractivity contribution in [3.8, 4) is 0 Å². The lowest BCUT2D eigenvalue weighted by Crippen LogP contribution is -1.96. The van der Waals surface area contributed by atoms with Crippen LogP contribution in [0.3, 0.4) is 0 Å². The van der Waals surface area contributed by atoms with Gasteiger partial charge in [0.2, 0.25) is 5.76 Å². The van der Waals surface area contributed by atoms with E-state index in [-0.39, 0.29) is 5.76 Å². The van der Waals surface area contributed by atoms with Crippen LogP contribution in [0.15, 0.2) is 10.5 Å². The summed E-state index contributed by atoms with van der Waals surface area (Å²) in [6, 6.07) is 1.44. The first-order valence-electron chi connectivity index (χ1n) is 3.18. The highest BCUT2D eigenvalue weighted by molar-refractivity contribution is 5.84. The summed E-state index contributed by atoms with van der Waals surface area (Å²) in [6.45, 7) is 2.00. The molecule has 1 heterocycles. The Morgan fingerprint density at radius 3 is 2.73 bits per heavy atom. The highest BCUT2D eigenvalue weighted by atomic mass is 16.4. The molecule has 3 N–H and O–H groups in total. The molecule has 1 rings (SSSR count). The predicted molar refractivity (Wildman–Crippen MR) is 38.3 cm³/mol. The van der Waals surface area contributed by atoms with Crippen molar-refractivity contribution in [2.24, 2.45) is 5.73 Å². The second-order valence-corrected chi connectivity index (χ2v) is 2.20. The molecular formula is C7H9NO3. The van der Waals surface area contributed by atoms with E-state index in [9.17, 15) is 4.79 Å². The largest absolute Gasteiger partial charge is 0.475 e. The van der Waals surface area contributed by atoms with Gasteiger partial charge in [0.25, 0.3) is 0 Å². The van der Waals surface area contributed by atoms with E-state index in [1.54, 1.807) is 6.92 Å². The number of carboxylic acid groups (broad SMARTS) is 1. The average Bonchev–Trinajstić information content (AvgIpc) is 2.31. The van der Waals surface area contributed by atoms with E-state index < -0.39 is 5.97 Å². The van der Waals surface area contributed by atoms with Crippen molar-refractivity contribution >= 4 is 5.97 Å². The fourth-order valence-corrected chi connectivity index (χ4v) is 0.828. The fourth-order valence-electron chi connectivity index (χ4n) is 0.828. The number of rotatable bonds is 2. The third-order valence-electron chi connectivity index (χ3n) is 1.45. The summed E-state index contributed by atoms with van der Waals surface area (Å²) in [6.07, 6.45) is 0. The number of aromatic carboxylic acids is 1. The zero-order valence-electron chi connectivity index (χ0n) is 6.13. The van der Waals surface area contributed by atoms with E-state index in [4.69, 9.17) is 15.3 Å². The summed E-state index contributed by atoms with van der Waals surface area (Å²) in [7, 11) is 0. The highest BCUT2D eigenvalue weighted by Crippen LogP contribution is 2.13. The average molecular weight is 155 g/mol. The third kappa shape index (κ3) is 1.40. The molecule has 0 aromatic carbocycles. The van der Waals surface area contributed by atoms with E-state index in [0.29, 0.717) is 12.3 Å². The Morgan fingerprint density at radius 1 is 1.82 bits per heavy atom. The van der Waals surface area contributed by atoms with E-state index in [2.05, 4.69) is 0 Å². The number of nitrogens with two attached hydrogens (primary N) is 1. The number of hydrogen-bond donors (Lipinski definition) is 2. The molecule has 11 heavy (non-hydrogen) atoms. The number of carboxylic acids is 1. The summed E-state index contributed by atoms with van der Waals surface area (Å²) in [5.74, 6) is -0.541. The molecule has 0 bridgehead atoms. The summed E-state index contributed by atoms with van der Waals surface area (Å²) >= 11 is 0. The van der Waals surface area contributed by atoms with E-state index in [0.717, 1.165) is 5.56 Å². The minimum Gasteiger partial charge on any atom is -0.475 e.